The molecule has 2 aliphatic rings. The molecule has 1 amide bonds. The maximum atomic E-state index is 12.6. The number of thiophene rings is 1. The third kappa shape index (κ3) is 3.73. The van der Waals surface area contributed by atoms with Crippen molar-refractivity contribution in [2.75, 3.05) is 26.4 Å². The maximum absolute atomic E-state index is 12.6. The Kier molecular flexibility index (Phi) is 4.73. The van der Waals surface area contributed by atoms with E-state index in [0.29, 0.717) is 37.0 Å². The van der Waals surface area contributed by atoms with Gasteiger partial charge in [0.05, 0.1) is 11.4 Å². The molecule has 0 saturated heterocycles. The molecule has 5 rings (SSSR count). The summed E-state index contributed by atoms with van der Waals surface area (Å²) >= 11 is 1.44. The number of para-hydroxylation sites is 2. The Bertz CT molecular complexity index is 1050. The number of nitrogens with one attached hydrogen (secondary N) is 1. The molecule has 1 N–H and O–H groups in total. The standard InChI is InChI=1S/C22H19NO5S/c24-22(23-12-15-13-27-16-3-1-2-4-18(16)28-15)21-8-7-20(29-21)14-5-6-17-19(11-14)26-10-9-25-17/h1-8,11,15H,9-10,12-13H2,(H,23,24)/t15-/m1/s1. The smallest absolute Gasteiger partial charge is 0.261 e. The van der Waals surface area contributed by atoms with Crippen LogP contribution in [0, 0.1) is 0 Å². The Labute approximate surface area is 172 Å². The first kappa shape index (κ1) is 17.9. The van der Waals surface area contributed by atoms with Gasteiger partial charge in [-0.15, -0.1) is 11.3 Å². The summed E-state index contributed by atoms with van der Waals surface area (Å²) in [6.07, 6.45) is -0.217. The topological polar surface area (TPSA) is 66.0 Å². The fourth-order valence-electron chi connectivity index (χ4n) is 3.27. The van der Waals surface area contributed by atoms with Crippen LogP contribution in [0.1, 0.15) is 9.67 Å². The molecule has 0 saturated carbocycles. The van der Waals surface area contributed by atoms with Gasteiger partial charge in [0.1, 0.15) is 25.9 Å². The number of hydrogen-bond acceptors (Lipinski definition) is 6. The van der Waals surface area contributed by atoms with Crippen LogP contribution in [0.15, 0.2) is 54.6 Å². The maximum Gasteiger partial charge on any atom is 0.261 e. The summed E-state index contributed by atoms with van der Waals surface area (Å²) in [5.41, 5.74) is 0.999. The van der Waals surface area contributed by atoms with Gasteiger partial charge in [-0.3, -0.25) is 4.79 Å². The third-order valence-electron chi connectivity index (χ3n) is 4.71. The quantitative estimate of drug-likeness (QED) is 0.711. The van der Waals surface area contributed by atoms with E-state index in [9.17, 15) is 4.79 Å². The SMILES string of the molecule is O=C(NC[C@@H]1COc2ccccc2O1)c1ccc(-c2ccc3c(c2)OCCO3)s1. The number of rotatable bonds is 4. The minimum absolute atomic E-state index is 0.124. The van der Waals surface area contributed by atoms with Gasteiger partial charge in [-0.1, -0.05) is 12.1 Å². The Morgan fingerprint density at radius 3 is 2.62 bits per heavy atom. The first-order valence-corrected chi connectivity index (χ1v) is 10.2. The lowest BCUT2D eigenvalue weighted by Gasteiger charge is -2.26. The van der Waals surface area contributed by atoms with Crippen molar-refractivity contribution in [1.82, 2.24) is 5.32 Å². The molecule has 1 atom stereocenters. The monoisotopic (exact) mass is 409 g/mol. The van der Waals surface area contributed by atoms with Crippen molar-refractivity contribution in [2.45, 2.75) is 6.10 Å². The highest BCUT2D eigenvalue weighted by molar-refractivity contribution is 7.17. The van der Waals surface area contributed by atoms with E-state index in [1.165, 1.54) is 11.3 Å². The lowest BCUT2D eigenvalue weighted by Crippen LogP contribution is -2.40. The Hall–Kier alpha value is -3.19. The number of amides is 1. The molecule has 0 spiro atoms. The fraction of sp³-hybridized carbons (Fsp3) is 0.227. The van der Waals surface area contributed by atoms with Crippen molar-refractivity contribution in [3.63, 3.8) is 0 Å². The molecule has 0 fully saturated rings. The van der Waals surface area contributed by atoms with E-state index in [1.807, 2.05) is 54.6 Å². The van der Waals surface area contributed by atoms with E-state index in [2.05, 4.69) is 5.32 Å². The van der Waals surface area contributed by atoms with Gasteiger partial charge in [-0.25, -0.2) is 0 Å². The first-order chi connectivity index (χ1) is 14.3. The lowest BCUT2D eigenvalue weighted by atomic mass is 10.1. The molecule has 1 aromatic heterocycles. The normalized spacial score (nSPS) is 16.9. The van der Waals surface area contributed by atoms with Crippen LogP contribution in [0.5, 0.6) is 23.0 Å². The average molecular weight is 409 g/mol. The van der Waals surface area contributed by atoms with Crippen molar-refractivity contribution >= 4 is 17.2 Å². The van der Waals surface area contributed by atoms with Crippen LogP contribution in [0.3, 0.4) is 0 Å². The van der Waals surface area contributed by atoms with Crippen LogP contribution >= 0.6 is 11.3 Å². The summed E-state index contributed by atoms with van der Waals surface area (Å²) in [5.74, 6) is 2.81. The number of carbonyl (C=O) groups is 1. The first-order valence-electron chi connectivity index (χ1n) is 9.43. The molecule has 3 aromatic rings. The third-order valence-corrected chi connectivity index (χ3v) is 5.85. The molecule has 6 nitrogen and oxygen atoms in total. The number of fused-ring (bicyclic) bond motifs is 2. The predicted molar refractivity (Wildman–Crippen MR) is 109 cm³/mol. The zero-order chi connectivity index (χ0) is 19.6. The molecule has 0 unspecified atom stereocenters. The number of hydrogen-bond donors (Lipinski definition) is 1. The number of benzene rings is 2. The molecule has 2 aromatic carbocycles. The molecular weight excluding hydrogens is 390 g/mol. The second-order valence-electron chi connectivity index (χ2n) is 6.73. The van der Waals surface area contributed by atoms with Crippen LogP contribution in [0.2, 0.25) is 0 Å². The highest BCUT2D eigenvalue weighted by Crippen LogP contribution is 2.37. The van der Waals surface area contributed by atoms with Gasteiger partial charge in [0, 0.05) is 4.88 Å². The molecule has 3 heterocycles. The van der Waals surface area contributed by atoms with E-state index in [1.54, 1.807) is 0 Å². The fourth-order valence-corrected chi connectivity index (χ4v) is 4.19. The second-order valence-corrected chi connectivity index (χ2v) is 7.81. The van der Waals surface area contributed by atoms with Crippen molar-refractivity contribution in [3.8, 4) is 33.4 Å². The largest absolute Gasteiger partial charge is 0.486 e. The second kappa shape index (κ2) is 7.67. The highest BCUT2D eigenvalue weighted by Gasteiger charge is 2.22. The summed E-state index contributed by atoms with van der Waals surface area (Å²) in [7, 11) is 0. The van der Waals surface area contributed by atoms with Gasteiger partial charge in [0.15, 0.2) is 23.0 Å². The predicted octanol–water partition coefficient (Wildman–Crippen LogP) is 3.76. The van der Waals surface area contributed by atoms with Gasteiger partial charge in [-0.05, 0) is 48.0 Å². The Morgan fingerprint density at radius 2 is 1.72 bits per heavy atom. The average Bonchev–Trinajstić information content (AvgIpc) is 3.27. The lowest BCUT2D eigenvalue weighted by molar-refractivity contribution is 0.0791. The zero-order valence-corrected chi connectivity index (χ0v) is 16.4. The Balaban J connectivity index is 1.22. The number of carbonyl (C=O) groups excluding carboxylic acids is 1. The Morgan fingerprint density at radius 1 is 0.931 bits per heavy atom. The molecular formula is C22H19NO5S. The van der Waals surface area contributed by atoms with Gasteiger partial charge in [0.25, 0.3) is 5.91 Å². The highest BCUT2D eigenvalue weighted by atomic mass is 32.1. The van der Waals surface area contributed by atoms with Crippen molar-refractivity contribution in [3.05, 3.63) is 59.5 Å². The van der Waals surface area contributed by atoms with E-state index in [-0.39, 0.29) is 12.0 Å². The van der Waals surface area contributed by atoms with Gasteiger partial charge < -0.3 is 24.3 Å². The minimum Gasteiger partial charge on any atom is -0.486 e. The zero-order valence-electron chi connectivity index (χ0n) is 15.6. The molecule has 0 aliphatic carbocycles. The molecule has 7 heteroatoms. The van der Waals surface area contributed by atoms with Crippen LogP contribution in [0.4, 0.5) is 0 Å². The summed E-state index contributed by atoms with van der Waals surface area (Å²) in [6, 6.07) is 17.1. The molecule has 2 aliphatic heterocycles. The molecule has 148 valence electrons. The summed E-state index contributed by atoms with van der Waals surface area (Å²) in [5, 5.41) is 2.94. The van der Waals surface area contributed by atoms with Crippen LogP contribution < -0.4 is 24.3 Å². The number of ether oxygens (including phenoxy) is 4. The summed E-state index contributed by atoms with van der Waals surface area (Å²) in [6.45, 7) is 1.90. The molecule has 0 radical (unpaired) electrons. The van der Waals surface area contributed by atoms with Crippen molar-refractivity contribution < 1.29 is 23.7 Å². The van der Waals surface area contributed by atoms with E-state index in [4.69, 9.17) is 18.9 Å². The van der Waals surface area contributed by atoms with Crippen LogP contribution in [-0.4, -0.2) is 38.4 Å². The van der Waals surface area contributed by atoms with Crippen molar-refractivity contribution in [1.29, 1.82) is 0 Å². The van der Waals surface area contributed by atoms with Gasteiger partial charge in [-0.2, -0.15) is 0 Å². The van der Waals surface area contributed by atoms with Gasteiger partial charge in [0.2, 0.25) is 0 Å². The summed E-state index contributed by atoms with van der Waals surface area (Å²) in [4.78, 5) is 14.2. The van der Waals surface area contributed by atoms with E-state index < -0.39 is 0 Å². The van der Waals surface area contributed by atoms with Gasteiger partial charge >= 0.3 is 0 Å². The molecule has 0 bridgehead atoms. The van der Waals surface area contributed by atoms with E-state index in [0.717, 1.165) is 27.7 Å². The molecule has 29 heavy (non-hydrogen) atoms. The minimum atomic E-state index is -0.217. The van der Waals surface area contributed by atoms with Crippen molar-refractivity contribution in [2.24, 2.45) is 0 Å². The summed E-state index contributed by atoms with van der Waals surface area (Å²) < 4.78 is 22.8. The van der Waals surface area contributed by atoms with Crippen LogP contribution in [-0.2, 0) is 0 Å². The van der Waals surface area contributed by atoms with E-state index >= 15 is 0 Å². The van der Waals surface area contributed by atoms with Crippen LogP contribution in [0.25, 0.3) is 10.4 Å².